The van der Waals surface area contributed by atoms with E-state index >= 15 is 0 Å². The topological polar surface area (TPSA) is 17.1 Å². The van der Waals surface area contributed by atoms with E-state index < -0.39 is 0 Å². The quantitative estimate of drug-likeness (QED) is 0.434. The lowest BCUT2D eigenvalue weighted by molar-refractivity contribution is -0.113. The summed E-state index contributed by atoms with van der Waals surface area (Å²) in [5, 5.41) is 0.0729. The molecule has 0 aliphatic carbocycles. The number of hydrogen-bond acceptors (Lipinski definition) is 3. The zero-order chi connectivity index (χ0) is 7.40. The molecule has 0 N–H and O–H groups in total. The third-order valence-corrected chi connectivity index (χ3v) is 4.00. The summed E-state index contributed by atoms with van der Waals surface area (Å²) in [5.41, 5.74) is 0. The molecule has 3 heteroatoms. The molecule has 0 amide bonds. The van der Waals surface area contributed by atoms with Crippen LogP contribution in [0.15, 0.2) is 0 Å². The first-order valence-electron chi connectivity index (χ1n) is 3.04. The largest absolute Gasteiger partial charge is 0.284 e. The molecule has 0 aromatic heterocycles. The van der Waals surface area contributed by atoms with Crippen LogP contribution < -0.4 is 0 Å². The van der Waals surface area contributed by atoms with Crippen LogP contribution in [-0.4, -0.2) is 28.3 Å². The van der Waals surface area contributed by atoms with Gasteiger partial charge in [-0.05, 0) is 5.92 Å². The minimum absolute atomic E-state index is 0.0443. The van der Waals surface area contributed by atoms with E-state index in [0.29, 0.717) is 0 Å². The van der Waals surface area contributed by atoms with Gasteiger partial charge >= 0.3 is 0 Å². The minimum atomic E-state index is -0.0443. The van der Waals surface area contributed by atoms with Crippen molar-refractivity contribution in [2.75, 3.05) is 17.3 Å². The molecule has 1 atom stereocenters. The van der Waals surface area contributed by atoms with Crippen molar-refractivity contribution in [1.29, 1.82) is 0 Å². The van der Waals surface area contributed by atoms with E-state index in [4.69, 9.17) is 6.42 Å². The molecule has 0 spiro atoms. The average Bonchev–Trinajstić information content (AvgIpc) is 2.05. The summed E-state index contributed by atoms with van der Waals surface area (Å²) in [6.07, 6.45) is 4.98. The Hall–Kier alpha value is -0.0700. The lowest BCUT2D eigenvalue weighted by Crippen LogP contribution is -2.22. The monoisotopic (exact) mass is 172 g/mol. The summed E-state index contributed by atoms with van der Waals surface area (Å²) in [6, 6.07) is 0. The van der Waals surface area contributed by atoms with Gasteiger partial charge in [0.2, 0.25) is 5.78 Å². The number of Topliss-reactive ketones (excluding diaryl/α,β-unsaturated/α-hetero) is 1. The third kappa shape index (κ3) is 1.96. The van der Waals surface area contributed by atoms with Crippen molar-refractivity contribution in [1.82, 2.24) is 0 Å². The number of thioether (sulfide) groups is 2. The standard InChI is InChI=1S/C7H8OS2/c1-2-6(8)7-5-9-3-4-10-7/h1,7H,3-5H2. The molecule has 0 saturated carbocycles. The van der Waals surface area contributed by atoms with Gasteiger partial charge in [0.25, 0.3) is 0 Å². The zero-order valence-electron chi connectivity index (χ0n) is 5.50. The van der Waals surface area contributed by atoms with Crippen LogP contribution in [0.3, 0.4) is 0 Å². The van der Waals surface area contributed by atoms with Gasteiger partial charge in [-0.3, -0.25) is 4.79 Å². The van der Waals surface area contributed by atoms with Crippen molar-refractivity contribution >= 4 is 29.3 Å². The summed E-state index contributed by atoms with van der Waals surface area (Å²) >= 11 is 3.49. The second-order valence-corrected chi connectivity index (χ2v) is 4.40. The Morgan fingerprint density at radius 2 is 2.40 bits per heavy atom. The molecular formula is C7H8OS2. The summed E-state index contributed by atoms with van der Waals surface area (Å²) in [7, 11) is 0. The lowest BCUT2D eigenvalue weighted by atomic mass is 10.3. The van der Waals surface area contributed by atoms with Gasteiger partial charge in [0, 0.05) is 17.3 Å². The lowest BCUT2D eigenvalue weighted by Gasteiger charge is -2.16. The number of ketones is 1. The first-order valence-corrected chi connectivity index (χ1v) is 5.24. The van der Waals surface area contributed by atoms with Crippen molar-refractivity contribution in [3.63, 3.8) is 0 Å². The molecule has 0 radical (unpaired) electrons. The maximum Gasteiger partial charge on any atom is 0.218 e. The van der Waals surface area contributed by atoms with Gasteiger partial charge in [-0.25, -0.2) is 0 Å². The van der Waals surface area contributed by atoms with E-state index in [-0.39, 0.29) is 11.0 Å². The van der Waals surface area contributed by atoms with Crippen molar-refractivity contribution in [2.24, 2.45) is 0 Å². The van der Waals surface area contributed by atoms with Crippen LogP contribution in [0, 0.1) is 12.3 Å². The van der Waals surface area contributed by atoms with Gasteiger partial charge in [-0.2, -0.15) is 11.8 Å². The van der Waals surface area contributed by atoms with E-state index in [1.807, 2.05) is 11.8 Å². The number of terminal acetylenes is 1. The molecule has 1 aliphatic heterocycles. The average molecular weight is 172 g/mol. The minimum Gasteiger partial charge on any atom is -0.284 e. The first-order chi connectivity index (χ1) is 4.84. The second kappa shape index (κ2) is 3.95. The third-order valence-electron chi connectivity index (χ3n) is 1.25. The maximum atomic E-state index is 10.9. The van der Waals surface area contributed by atoms with Gasteiger partial charge in [-0.1, -0.05) is 0 Å². The number of carbonyl (C=O) groups is 1. The van der Waals surface area contributed by atoms with Crippen LogP contribution in [0.25, 0.3) is 0 Å². The van der Waals surface area contributed by atoms with E-state index in [2.05, 4.69) is 5.92 Å². The number of hydrogen-bond donors (Lipinski definition) is 0. The molecule has 1 fully saturated rings. The van der Waals surface area contributed by atoms with Gasteiger partial charge < -0.3 is 0 Å². The Balaban J connectivity index is 2.40. The molecule has 10 heavy (non-hydrogen) atoms. The molecule has 0 aromatic carbocycles. The van der Waals surface area contributed by atoms with E-state index in [0.717, 1.165) is 17.3 Å². The van der Waals surface area contributed by atoms with E-state index in [1.165, 1.54) is 0 Å². The molecule has 0 bridgehead atoms. The molecule has 1 heterocycles. The van der Waals surface area contributed by atoms with E-state index in [9.17, 15) is 4.79 Å². The Labute approximate surface area is 69.3 Å². The summed E-state index contributed by atoms with van der Waals surface area (Å²) < 4.78 is 0. The number of carbonyl (C=O) groups excluding carboxylic acids is 1. The van der Waals surface area contributed by atoms with Crippen LogP contribution in [-0.2, 0) is 4.79 Å². The highest BCUT2D eigenvalue weighted by atomic mass is 32.2. The Morgan fingerprint density at radius 1 is 1.60 bits per heavy atom. The predicted molar refractivity (Wildman–Crippen MR) is 47.4 cm³/mol. The zero-order valence-corrected chi connectivity index (χ0v) is 7.13. The second-order valence-electron chi connectivity index (χ2n) is 1.94. The van der Waals surface area contributed by atoms with Crippen LogP contribution in [0.4, 0.5) is 0 Å². The van der Waals surface area contributed by atoms with Gasteiger partial charge in [-0.15, -0.1) is 18.2 Å². The molecule has 1 saturated heterocycles. The fourth-order valence-corrected chi connectivity index (χ4v) is 3.30. The highest BCUT2D eigenvalue weighted by molar-refractivity contribution is 8.07. The molecule has 0 aromatic rings. The van der Waals surface area contributed by atoms with Crippen LogP contribution in [0.2, 0.25) is 0 Å². The van der Waals surface area contributed by atoms with Crippen molar-refractivity contribution < 1.29 is 4.79 Å². The van der Waals surface area contributed by atoms with E-state index in [1.54, 1.807) is 11.8 Å². The molecule has 1 aliphatic rings. The van der Waals surface area contributed by atoms with Gasteiger partial charge in [0.05, 0.1) is 5.25 Å². The summed E-state index contributed by atoms with van der Waals surface area (Å²) in [6.45, 7) is 0. The van der Waals surface area contributed by atoms with Crippen LogP contribution in [0.5, 0.6) is 0 Å². The van der Waals surface area contributed by atoms with Crippen molar-refractivity contribution in [2.45, 2.75) is 5.25 Å². The molecule has 1 unspecified atom stereocenters. The normalized spacial score (nSPS) is 25.3. The molecule has 1 rings (SSSR count). The van der Waals surface area contributed by atoms with Crippen molar-refractivity contribution in [3.8, 4) is 12.3 Å². The fourth-order valence-electron chi connectivity index (χ4n) is 0.732. The predicted octanol–water partition coefficient (Wildman–Crippen LogP) is 1.04. The highest BCUT2D eigenvalue weighted by Crippen LogP contribution is 2.24. The molecule has 54 valence electrons. The maximum absolute atomic E-state index is 10.9. The fraction of sp³-hybridized carbons (Fsp3) is 0.571. The smallest absolute Gasteiger partial charge is 0.218 e. The SMILES string of the molecule is C#CC(=O)C1CSCCS1. The molecule has 1 nitrogen and oxygen atoms in total. The Morgan fingerprint density at radius 3 is 2.90 bits per heavy atom. The van der Waals surface area contributed by atoms with Crippen LogP contribution in [0.1, 0.15) is 0 Å². The first kappa shape index (κ1) is 8.03. The highest BCUT2D eigenvalue weighted by Gasteiger charge is 2.19. The van der Waals surface area contributed by atoms with Crippen molar-refractivity contribution in [3.05, 3.63) is 0 Å². The Kier molecular flexibility index (Phi) is 3.17. The summed E-state index contributed by atoms with van der Waals surface area (Å²) in [4.78, 5) is 10.9. The molecular weight excluding hydrogens is 164 g/mol. The van der Waals surface area contributed by atoms with Gasteiger partial charge in [0.1, 0.15) is 0 Å². The van der Waals surface area contributed by atoms with Gasteiger partial charge in [0.15, 0.2) is 0 Å². The van der Waals surface area contributed by atoms with Crippen LogP contribution >= 0.6 is 23.5 Å². The number of rotatable bonds is 1. The summed E-state index contributed by atoms with van der Waals surface area (Å²) in [5.74, 6) is 5.22. The Bertz CT molecular complexity index is 165.